The molecule has 2 rings (SSSR count). The Bertz CT molecular complexity index is 765. The number of nitrogen functional groups attached to an aromatic ring is 1. The van der Waals surface area contributed by atoms with E-state index >= 15 is 0 Å². The summed E-state index contributed by atoms with van der Waals surface area (Å²) in [6.45, 7) is 1.39. The van der Waals surface area contributed by atoms with Gasteiger partial charge in [0.25, 0.3) is 5.91 Å². The number of hydrogen-bond donors (Lipinski definition) is 2. The molecule has 126 valence electrons. The molecule has 0 saturated heterocycles. The summed E-state index contributed by atoms with van der Waals surface area (Å²) in [5.41, 5.74) is 6.90. The number of carbonyl (C=O) groups is 2. The number of nitrogens with one attached hydrogen (secondary N) is 1. The fraction of sp³-hybridized carbons (Fsp3) is 0.176. The molecule has 0 saturated carbocycles. The van der Waals surface area contributed by atoms with Crippen LogP contribution in [0.2, 0.25) is 10.0 Å². The number of halogens is 2. The standard InChI is InChI=1S/C17H16Cl2N2O3/c1-10(12-4-2-3-5-13(12)18)21-16(22)9-24-17(23)11-6-7-14(19)15(20)8-11/h2-8,10H,9,20H2,1H3,(H,21,22)/t10-/m0/s1. The van der Waals surface area contributed by atoms with Crippen LogP contribution in [-0.4, -0.2) is 18.5 Å². The topological polar surface area (TPSA) is 81.4 Å². The lowest BCUT2D eigenvalue weighted by atomic mass is 10.1. The summed E-state index contributed by atoms with van der Waals surface area (Å²) in [5.74, 6) is -1.09. The van der Waals surface area contributed by atoms with Gasteiger partial charge in [0.15, 0.2) is 6.61 Å². The van der Waals surface area contributed by atoms with Crippen LogP contribution in [0.1, 0.15) is 28.9 Å². The van der Waals surface area contributed by atoms with Crippen LogP contribution in [0.25, 0.3) is 0 Å². The highest BCUT2D eigenvalue weighted by molar-refractivity contribution is 6.33. The van der Waals surface area contributed by atoms with Crippen LogP contribution < -0.4 is 11.1 Å². The number of carbonyl (C=O) groups excluding carboxylic acids is 2. The van der Waals surface area contributed by atoms with Gasteiger partial charge in [0.05, 0.1) is 22.3 Å². The van der Waals surface area contributed by atoms with Gasteiger partial charge in [-0.05, 0) is 36.8 Å². The van der Waals surface area contributed by atoms with Crippen molar-refractivity contribution in [2.75, 3.05) is 12.3 Å². The quantitative estimate of drug-likeness (QED) is 0.625. The van der Waals surface area contributed by atoms with E-state index in [1.54, 1.807) is 19.1 Å². The number of ether oxygens (including phenoxy) is 1. The number of esters is 1. The maximum absolute atomic E-state index is 11.9. The van der Waals surface area contributed by atoms with Gasteiger partial charge in [-0.3, -0.25) is 4.79 Å². The second kappa shape index (κ2) is 8.04. The lowest BCUT2D eigenvalue weighted by Gasteiger charge is -2.15. The molecule has 5 nitrogen and oxygen atoms in total. The molecule has 2 aromatic rings. The highest BCUT2D eigenvalue weighted by Gasteiger charge is 2.15. The van der Waals surface area contributed by atoms with E-state index in [4.69, 9.17) is 33.7 Å². The number of hydrogen-bond acceptors (Lipinski definition) is 4. The zero-order chi connectivity index (χ0) is 17.7. The molecule has 0 aliphatic carbocycles. The van der Waals surface area contributed by atoms with Crippen molar-refractivity contribution in [3.8, 4) is 0 Å². The molecule has 0 aromatic heterocycles. The van der Waals surface area contributed by atoms with E-state index in [2.05, 4.69) is 5.32 Å². The first-order valence-electron chi connectivity index (χ1n) is 7.14. The number of anilines is 1. The molecule has 0 aliphatic rings. The lowest BCUT2D eigenvalue weighted by Crippen LogP contribution is -2.31. The Morgan fingerprint density at radius 3 is 2.54 bits per heavy atom. The van der Waals surface area contributed by atoms with Crippen LogP contribution in [-0.2, 0) is 9.53 Å². The first-order valence-corrected chi connectivity index (χ1v) is 7.90. The number of nitrogens with two attached hydrogens (primary N) is 1. The fourth-order valence-electron chi connectivity index (χ4n) is 2.07. The van der Waals surface area contributed by atoms with Gasteiger partial charge in [-0.15, -0.1) is 0 Å². The maximum atomic E-state index is 11.9. The second-order valence-corrected chi connectivity index (χ2v) is 5.94. The van der Waals surface area contributed by atoms with Gasteiger partial charge >= 0.3 is 5.97 Å². The summed E-state index contributed by atoms with van der Waals surface area (Å²) >= 11 is 11.9. The van der Waals surface area contributed by atoms with Crippen molar-refractivity contribution in [3.05, 3.63) is 63.6 Å². The van der Waals surface area contributed by atoms with Gasteiger partial charge in [-0.1, -0.05) is 41.4 Å². The summed E-state index contributed by atoms with van der Waals surface area (Å²) in [4.78, 5) is 23.8. The van der Waals surface area contributed by atoms with Crippen LogP contribution in [0.15, 0.2) is 42.5 Å². The third-order valence-electron chi connectivity index (χ3n) is 3.32. The van der Waals surface area contributed by atoms with Crippen molar-refractivity contribution in [3.63, 3.8) is 0 Å². The van der Waals surface area contributed by atoms with E-state index in [1.165, 1.54) is 18.2 Å². The van der Waals surface area contributed by atoms with Gasteiger partial charge in [0.2, 0.25) is 0 Å². The summed E-state index contributed by atoms with van der Waals surface area (Å²) in [5, 5.41) is 3.62. The Morgan fingerprint density at radius 2 is 1.88 bits per heavy atom. The minimum Gasteiger partial charge on any atom is -0.452 e. The largest absolute Gasteiger partial charge is 0.452 e. The molecule has 0 radical (unpaired) electrons. The van der Waals surface area contributed by atoms with Gasteiger partial charge in [0.1, 0.15) is 0 Å². The number of benzene rings is 2. The monoisotopic (exact) mass is 366 g/mol. The molecular weight excluding hydrogens is 351 g/mol. The molecule has 2 aromatic carbocycles. The van der Waals surface area contributed by atoms with Crippen LogP contribution in [0, 0.1) is 0 Å². The third kappa shape index (κ3) is 4.63. The molecule has 3 N–H and O–H groups in total. The van der Waals surface area contributed by atoms with Gasteiger partial charge in [-0.2, -0.15) is 0 Å². The second-order valence-electron chi connectivity index (χ2n) is 5.12. The van der Waals surface area contributed by atoms with Gasteiger partial charge in [0, 0.05) is 5.02 Å². The molecular formula is C17H16Cl2N2O3. The van der Waals surface area contributed by atoms with Crippen molar-refractivity contribution in [1.29, 1.82) is 0 Å². The molecule has 24 heavy (non-hydrogen) atoms. The van der Waals surface area contributed by atoms with Crippen molar-refractivity contribution in [1.82, 2.24) is 5.32 Å². The summed E-state index contributed by atoms with van der Waals surface area (Å²) in [7, 11) is 0. The molecule has 0 heterocycles. The van der Waals surface area contributed by atoms with Crippen molar-refractivity contribution in [2.24, 2.45) is 0 Å². The number of rotatable bonds is 5. The Hall–Kier alpha value is -2.24. The normalized spacial score (nSPS) is 11.6. The van der Waals surface area contributed by atoms with Gasteiger partial charge < -0.3 is 15.8 Å². The molecule has 0 unspecified atom stereocenters. The predicted molar refractivity (Wildman–Crippen MR) is 94.2 cm³/mol. The lowest BCUT2D eigenvalue weighted by molar-refractivity contribution is -0.124. The van der Waals surface area contributed by atoms with Gasteiger partial charge in [-0.25, -0.2) is 4.79 Å². The van der Waals surface area contributed by atoms with Crippen LogP contribution >= 0.6 is 23.2 Å². The van der Waals surface area contributed by atoms with E-state index in [-0.39, 0.29) is 17.3 Å². The molecule has 0 spiro atoms. The minimum absolute atomic E-state index is 0.226. The summed E-state index contributed by atoms with van der Waals surface area (Å²) in [6.07, 6.45) is 0. The smallest absolute Gasteiger partial charge is 0.338 e. The van der Waals surface area contributed by atoms with E-state index in [9.17, 15) is 9.59 Å². The molecule has 1 amide bonds. The average molecular weight is 367 g/mol. The van der Waals surface area contributed by atoms with Crippen molar-refractivity contribution in [2.45, 2.75) is 13.0 Å². The molecule has 0 fully saturated rings. The highest BCUT2D eigenvalue weighted by atomic mass is 35.5. The first kappa shape index (κ1) is 18.1. The molecule has 0 aliphatic heterocycles. The van der Waals surface area contributed by atoms with E-state index < -0.39 is 18.5 Å². The Labute approximate surface area is 149 Å². The predicted octanol–water partition coefficient (Wildman–Crippen LogP) is 3.61. The van der Waals surface area contributed by atoms with Crippen molar-refractivity contribution < 1.29 is 14.3 Å². The molecule has 1 atom stereocenters. The minimum atomic E-state index is -0.654. The van der Waals surface area contributed by atoms with Crippen LogP contribution in [0.4, 0.5) is 5.69 Å². The first-order chi connectivity index (χ1) is 11.4. The Balaban J connectivity index is 1.89. The average Bonchev–Trinajstić information content (AvgIpc) is 2.55. The Morgan fingerprint density at radius 1 is 1.17 bits per heavy atom. The summed E-state index contributed by atoms with van der Waals surface area (Å²) in [6, 6.07) is 11.2. The third-order valence-corrected chi connectivity index (χ3v) is 4.00. The van der Waals surface area contributed by atoms with Crippen LogP contribution in [0.3, 0.4) is 0 Å². The van der Waals surface area contributed by atoms with E-state index in [0.717, 1.165) is 5.56 Å². The SMILES string of the molecule is C[C@H](NC(=O)COC(=O)c1ccc(Cl)c(N)c1)c1ccccc1Cl. The highest BCUT2D eigenvalue weighted by Crippen LogP contribution is 2.22. The fourth-order valence-corrected chi connectivity index (χ4v) is 2.49. The number of amides is 1. The van der Waals surface area contributed by atoms with E-state index in [1.807, 2.05) is 12.1 Å². The molecule has 0 bridgehead atoms. The zero-order valence-corrected chi connectivity index (χ0v) is 14.4. The van der Waals surface area contributed by atoms with Crippen LogP contribution in [0.5, 0.6) is 0 Å². The molecule has 7 heteroatoms. The maximum Gasteiger partial charge on any atom is 0.338 e. The Kier molecular flexibility index (Phi) is 6.06. The summed E-state index contributed by atoms with van der Waals surface area (Å²) < 4.78 is 4.97. The van der Waals surface area contributed by atoms with Crippen molar-refractivity contribution >= 4 is 40.8 Å². The zero-order valence-electron chi connectivity index (χ0n) is 12.9. The van der Waals surface area contributed by atoms with E-state index in [0.29, 0.717) is 10.0 Å².